The molecule has 0 saturated heterocycles. The zero-order valence-corrected chi connectivity index (χ0v) is 13.1. The Labute approximate surface area is 128 Å². The predicted octanol–water partition coefficient (Wildman–Crippen LogP) is 2.75. The molecule has 2 heterocycles. The van der Waals surface area contributed by atoms with E-state index in [0.29, 0.717) is 12.2 Å². The van der Waals surface area contributed by atoms with Gasteiger partial charge in [0.25, 0.3) is 0 Å². The maximum atomic E-state index is 11.3. The summed E-state index contributed by atoms with van der Waals surface area (Å²) in [5.74, 6) is -0.930. The summed E-state index contributed by atoms with van der Waals surface area (Å²) in [7, 11) is 0. The van der Waals surface area contributed by atoms with Crippen LogP contribution in [0.15, 0.2) is 29.2 Å². The number of carbonyl (C=O) groups is 1. The van der Waals surface area contributed by atoms with E-state index >= 15 is 0 Å². The Balaban J connectivity index is 2.03. The molecule has 0 saturated carbocycles. The van der Waals surface area contributed by atoms with Crippen LogP contribution in [-0.2, 0) is 16.8 Å². The Morgan fingerprint density at radius 2 is 2.14 bits per heavy atom. The van der Waals surface area contributed by atoms with E-state index in [4.69, 9.17) is 0 Å². The minimum atomic E-state index is -0.930. The molecule has 0 amide bonds. The Kier molecular flexibility index (Phi) is 4.69. The molecule has 21 heavy (non-hydrogen) atoms. The fourth-order valence-corrected chi connectivity index (χ4v) is 2.46. The van der Waals surface area contributed by atoms with Gasteiger partial charge in [-0.3, -0.25) is 15.1 Å². The number of thiazole rings is 1. The molecule has 0 bridgehead atoms. The third kappa shape index (κ3) is 4.09. The number of rotatable bonds is 5. The highest BCUT2D eigenvalue weighted by atomic mass is 32.1. The summed E-state index contributed by atoms with van der Waals surface area (Å²) >= 11 is 1.38. The van der Waals surface area contributed by atoms with Crippen molar-refractivity contribution in [3.05, 3.63) is 46.2 Å². The third-order valence-corrected chi connectivity index (χ3v) is 3.70. The molecule has 0 aliphatic carbocycles. The molecule has 0 fully saturated rings. The molecule has 6 heteroatoms. The van der Waals surface area contributed by atoms with E-state index in [1.807, 2.05) is 12.1 Å². The van der Waals surface area contributed by atoms with Crippen LogP contribution in [0.2, 0.25) is 0 Å². The second kappa shape index (κ2) is 6.32. The van der Waals surface area contributed by atoms with Crippen molar-refractivity contribution in [1.82, 2.24) is 15.3 Å². The number of carboxylic acids is 1. The molecule has 2 aromatic heterocycles. The maximum Gasteiger partial charge on any atom is 0.327 e. The van der Waals surface area contributed by atoms with Gasteiger partial charge < -0.3 is 5.11 Å². The highest BCUT2D eigenvalue weighted by Crippen LogP contribution is 2.20. The van der Waals surface area contributed by atoms with Crippen molar-refractivity contribution >= 4 is 17.3 Å². The van der Waals surface area contributed by atoms with Gasteiger partial charge in [0.1, 0.15) is 6.04 Å². The van der Waals surface area contributed by atoms with Crippen LogP contribution in [0.3, 0.4) is 0 Å². The molecule has 2 rings (SSSR count). The molecular formula is C15H19N3O2S. The van der Waals surface area contributed by atoms with Crippen LogP contribution in [0.1, 0.15) is 43.8 Å². The Hall–Kier alpha value is -1.79. The van der Waals surface area contributed by atoms with E-state index in [1.165, 1.54) is 11.3 Å². The summed E-state index contributed by atoms with van der Waals surface area (Å²) in [6.45, 7) is 6.76. The maximum absolute atomic E-state index is 11.3. The standard InChI is InChI=1S/C15H19N3O2S/c1-15(2,3)12-5-4-10(6-16-12)7-17-13(14(19)20)11-8-21-9-18-11/h4-6,8-9,13,17H,7H2,1-3H3,(H,19,20). The summed E-state index contributed by atoms with van der Waals surface area (Å²) in [6, 6.07) is 3.16. The van der Waals surface area contributed by atoms with Gasteiger partial charge in [-0.15, -0.1) is 11.3 Å². The average Bonchev–Trinajstić information content (AvgIpc) is 2.92. The number of pyridine rings is 1. The normalized spacial score (nSPS) is 13.1. The van der Waals surface area contributed by atoms with Gasteiger partial charge in [0.05, 0.1) is 11.2 Å². The zero-order chi connectivity index (χ0) is 15.5. The smallest absolute Gasteiger partial charge is 0.327 e. The summed E-state index contributed by atoms with van der Waals surface area (Å²) < 4.78 is 0. The Bertz CT molecular complexity index is 588. The van der Waals surface area contributed by atoms with E-state index in [-0.39, 0.29) is 5.41 Å². The molecule has 2 aromatic rings. The Morgan fingerprint density at radius 3 is 2.62 bits per heavy atom. The zero-order valence-electron chi connectivity index (χ0n) is 12.3. The van der Waals surface area contributed by atoms with Gasteiger partial charge in [0.2, 0.25) is 0 Å². The summed E-state index contributed by atoms with van der Waals surface area (Å²) in [5, 5.41) is 14.0. The number of nitrogens with zero attached hydrogens (tertiary/aromatic N) is 2. The number of nitrogens with one attached hydrogen (secondary N) is 1. The average molecular weight is 305 g/mol. The highest BCUT2D eigenvalue weighted by molar-refractivity contribution is 7.07. The van der Waals surface area contributed by atoms with Crippen LogP contribution in [-0.4, -0.2) is 21.0 Å². The lowest BCUT2D eigenvalue weighted by Gasteiger charge is -2.18. The molecule has 0 spiro atoms. The number of hydrogen-bond acceptors (Lipinski definition) is 5. The molecule has 1 atom stereocenters. The van der Waals surface area contributed by atoms with Crippen LogP contribution in [0, 0.1) is 0 Å². The lowest BCUT2D eigenvalue weighted by molar-refractivity contribution is -0.139. The molecule has 5 nitrogen and oxygen atoms in total. The Morgan fingerprint density at radius 1 is 1.38 bits per heavy atom. The topological polar surface area (TPSA) is 75.1 Å². The molecule has 0 aliphatic rings. The van der Waals surface area contributed by atoms with Crippen LogP contribution in [0.4, 0.5) is 0 Å². The van der Waals surface area contributed by atoms with Gasteiger partial charge in [-0.1, -0.05) is 26.8 Å². The fraction of sp³-hybridized carbons (Fsp3) is 0.400. The second-order valence-corrected chi connectivity index (χ2v) is 6.59. The largest absolute Gasteiger partial charge is 0.480 e. The molecule has 2 N–H and O–H groups in total. The minimum absolute atomic E-state index is 0.0101. The first-order valence-corrected chi connectivity index (χ1v) is 7.62. The number of hydrogen-bond donors (Lipinski definition) is 2. The third-order valence-electron chi connectivity index (χ3n) is 3.10. The van der Waals surface area contributed by atoms with Crippen molar-refractivity contribution in [2.24, 2.45) is 0 Å². The highest BCUT2D eigenvalue weighted by Gasteiger charge is 2.21. The van der Waals surface area contributed by atoms with E-state index < -0.39 is 12.0 Å². The lowest BCUT2D eigenvalue weighted by Crippen LogP contribution is -2.28. The van der Waals surface area contributed by atoms with E-state index in [9.17, 15) is 9.90 Å². The van der Waals surface area contributed by atoms with Gasteiger partial charge in [-0.2, -0.15) is 0 Å². The molecule has 0 radical (unpaired) electrons. The first kappa shape index (κ1) is 15.6. The van der Waals surface area contributed by atoms with E-state index in [2.05, 4.69) is 36.1 Å². The van der Waals surface area contributed by atoms with Crippen molar-refractivity contribution < 1.29 is 9.90 Å². The second-order valence-electron chi connectivity index (χ2n) is 5.87. The summed E-state index contributed by atoms with van der Waals surface area (Å²) in [5.41, 5.74) is 4.14. The quantitative estimate of drug-likeness (QED) is 0.888. The SMILES string of the molecule is CC(C)(C)c1ccc(CNC(C(=O)O)c2cscn2)cn1. The molecular weight excluding hydrogens is 286 g/mol. The number of aliphatic carboxylic acids is 1. The minimum Gasteiger partial charge on any atom is -0.480 e. The van der Waals surface area contributed by atoms with Crippen LogP contribution >= 0.6 is 11.3 Å². The first-order chi connectivity index (χ1) is 9.88. The van der Waals surface area contributed by atoms with Crippen molar-refractivity contribution in [2.45, 2.75) is 38.8 Å². The lowest BCUT2D eigenvalue weighted by atomic mass is 9.91. The van der Waals surface area contributed by atoms with E-state index in [0.717, 1.165) is 11.3 Å². The fourth-order valence-electron chi connectivity index (χ4n) is 1.88. The monoisotopic (exact) mass is 305 g/mol. The van der Waals surface area contributed by atoms with Crippen LogP contribution in [0.25, 0.3) is 0 Å². The molecule has 0 aliphatic heterocycles. The van der Waals surface area contributed by atoms with Crippen LogP contribution < -0.4 is 5.32 Å². The van der Waals surface area contributed by atoms with Gasteiger partial charge in [-0.25, -0.2) is 4.98 Å². The van der Waals surface area contributed by atoms with Crippen molar-refractivity contribution in [1.29, 1.82) is 0 Å². The number of carboxylic acid groups (broad SMARTS) is 1. The van der Waals surface area contributed by atoms with Crippen LogP contribution in [0.5, 0.6) is 0 Å². The van der Waals surface area contributed by atoms with E-state index in [1.54, 1.807) is 17.1 Å². The van der Waals surface area contributed by atoms with Crippen molar-refractivity contribution in [2.75, 3.05) is 0 Å². The predicted molar refractivity (Wildman–Crippen MR) is 82.3 cm³/mol. The van der Waals surface area contributed by atoms with Gasteiger partial charge in [0, 0.05) is 29.2 Å². The van der Waals surface area contributed by atoms with Gasteiger partial charge >= 0.3 is 5.97 Å². The molecule has 0 aromatic carbocycles. The molecule has 1 unspecified atom stereocenters. The summed E-state index contributed by atoms with van der Waals surface area (Å²) in [6.07, 6.45) is 1.79. The van der Waals surface area contributed by atoms with Crippen molar-refractivity contribution in [3.63, 3.8) is 0 Å². The van der Waals surface area contributed by atoms with Gasteiger partial charge in [0.15, 0.2) is 0 Å². The summed E-state index contributed by atoms with van der Waals surface area (Å²) in [4.78, 5) is 19.8. The first-order valence-electron chi connectivity index (χ1n) is 6.67. The van der Waals surface area contributed by atoms with Crippen molar-refractivity contribution in [3.8, 4) is 0 Å². The van der Waals surface area contributed by atoms with Gasteiger partial charge in [-0.05, 0) is 11.6 Å². The molecule has 112 valence electrons. The number of aromatic nitrogens is 2.